The van der Waals surface area contributed by atoms with Gasteiger partial charge in [0, 0.05) is 6.54 Å². The average molecular weight is 304 g/mol. The molecular weight excluding hydrogens is 284 g/mol. The van der Waals surface area contributed by atoms with Crippen molar-refractivity contribution in [2.45, 2.75) is 20.3 Å². The summed E-state index contributed by atoms with van der Waals surface area (Å²) in [5.41, 5.74) is 11.4. The maximum atomic E-state index is 11.8. The second-order valence-electron chi connectivity index (χ2n) is 5.15. The zero-order chi connectivity index (χ0) is 15.9. The summed E-state index contributed by atoms with van der Waals surface area (Å²) in [6.07, 6.45) is 3.79. The fraction of sp³-hybridized carbons (Fsp3) is 0.357. The summed E-state index contributed by atoms with van der Waals surface area (Å²) in [6.45, 7) is 5.04. The number of rotatable bonds is 7. The first-order chi connectivity index (χ1) is 10.6. The second kappa shape index (κ2) is 7.30. The molecule has 0 fully saturated rings. The number of carbonyl (C=O) groups is 1. The molecule has 22 heavy (non-hydrogen) atoms. The Morgan fingerprint density at radius 1 is 1.36 bits per heavy atom. The van der Waals surface area contributed by atoms with E-state index in [1.807, 2.05) is 0 Å². The topological polar surface area (TPSA) is 118 Å². The number of carbonyl (C=O) groups excluding carboxylic acids is 1. The van der Waals surface area contributed by atoms with Crippen molar-refractivity contribution in [3.05, 3.63) is 30.5 Å². The number of aromatic nitrogens is 2. The number of hydrogen-bond donors (Lipinski definition) is 4. The Labute approximate surface area is 128 Å². The van der Waals surface area contributed by atoms with E-state index in [9.17, 15) is 4.79 Å². The van der Waals surface area contributed by atoms with Gasteiger partial charge in [-0.05, 0) is 24.5 Å². The molecule has 118 valence electrons. The highest BCUT2D eigenvalue weighted by atomic mass is 16.3. The minimum absolute atomic E-state index is 0.190. The SMILES string of the molecule is CC(C)CCNc1ncnc(NNC(=O)c2ccco2)c1N. The Morgan fingerprint density at radius 3 is 2.82 bits per heavy atom. The molecule has 0 aliphatic heterocycles. The molecule has 0 aliphatic carbocycles. The normalized spacial score (nSPS) is 10.5. The summed E-state index contributed by atoms with van der Waals surface area (Å²) < 4.78 is 4.98. The Balaban J connectivity index is 1.95. The van der Waals surface area contributed by atoms with Crippen molar-refractivity contribution in [3.8, 4) is 0 Å². The summed E-state index contributed by atoms with van der Waals surface area (Å²) in [7, 11) is 0. The number of hydrazine groups is 1. The quantitative estimate of drug-likeness (QED) is 0.577. The van der Waals surface area contributed by atoms with Crippen LogP contribution in [0.25, 0.3) is 0 Å². The monoisotopic (exact) mass is 304 g/mol. The highest BCUT2D eigenvalue weighted by molar-refractivity contribution is 5.92. The molecule has 8 heteroatoms. The summed E-state index contributed by atoms with van der Waals surface area (Å²) in [5.74, 6) is 1.21. The van der Waals surface area contributed by atoms with Crippen LogP contribution in [-0.4, -0.2) is 22.4 Å². The fourth-order valence-electron chi connectivity index (χ4n) is 1.70. The van der Waals surface area contributed by atoms with E-state index in [1.165, 1.54) is 12.6 Å². The predicted octanol–water partition coefficient (Wildman–Crippen LogP) is 1.87. The molecule has 2 aromatic heterocycles. The number of furan rings is 1. The van der Waals surface area contributed by atoms with Crippen molar-refractivity contribution in [1.82, 2.24) is 15.4 Å². The molecule has 2 aromatic rings. The van der Waals surface area contributed by atoms with Gasteiger partial charge < -0.3 is 15.5 Å². The molecule has 0 atom stereocenters. The summed E-state index contributed by atoms with van der Waals surface area (Å²) >= 11 is 0. The van der Waals surface area contributed by atoms with Crippen molar-refractivity contribution in [2.75, 3.05) is 23.0 Å². The molecule has 2 rings (SSSR count). The van der Waals surface area contributed by atoms with Gasteiger partial charge in [-0.25, -0.2) is 9.97 Å². The number of amides is 1. The van der Waals surface area contributed by atoms with Crippen molar-refractivity contribution in [3.63, 3.8) is 0 Å². The third kappa shape index (κ3) is 4.11. The molecule has 0 saturated carbocycles. The fourth-order valence-corrected chi connectivity index (χ4v) is 1.70. The number of anilines is 3. The maximum absolute atomic E-state index is 11.8. The average Bonchev–Trinajstić information content (AvgIpc) is 3.01. The summed E-state index contributed by atoms with van der Waals surface area (Å²) in [4.78, 5) is 19.9. The van der Waals surface area contributed by atoms with E-state index in [4.69, 9.17) is 10.2 Å². The molecule has 5 N–H and O–H groups in total. The van der Waals surface area contributed by atoms with Crippen LogP contribution in [0.3, 0.4) is 0 Å². The van der Waals surface area contributed by atoms with Gasteiger partial charge in [-0.15, -0.1) is 0 Å². The van der Waals surface area contributed by atoms with Crippen LogP contribution < -0.4 is 21.9 Å². The molecule has 0 radical (unpaired) electrons. The van der Waals surface area contributed by atoms with Crippen LogP contribution in [0.2, 0.25) is 0 Å². The highest BCUT2D eigenvalue weighted by Crippen LogP contribution is 2.21. The van der Waals surface area contributed by atoms with Gasteiger partial charge in [-0.1, -0.05) is 13.8 Å². The molecule has 2 heterocycles. The first kappa shape index (κ1) is 15.6. The van der Waals surface area contributed by atoms with Gasteiger partial charge in [-0.3, -0.25) is 15.6 Å². The van der Waals surface area contributed by atoms with Crippen molar-refractivity contribution in [1.29, 1.82) is 0 Å². The van der Waals surface area contributed by atoms with Crippen LogP contribution in [0.1, 0.15) is 30.8 Å². The lowest BCUT2D eigenvalue weighted by Crippen LogP contribution is -2.30. The highest BCUT2D eigenvalue weighted by Gasteiger charge is 2.11. The van der Waals surface area contributed by atoms with E-state index in [1.54, 1.807) is 12.1 Å². The lowest BCUT2D eigenvalue weighted by atomic mass is 10.1. The first-order valence-corrected chi connectivity index (χ1v) is 7.02. The molecule has 8 nitrogen and oxygen atoms in total. The van der Waals surface area contributed by atoms with Crippen LogP contribution in [0, 0.1) is 5.92 Å². The number of nitrogen functional groups attached to an aromatic ring is 1. The van der Waals surface area contributed by atoms with Gasteiger partial charge >= 0.3 is 5.91 Å². The zero-order valence-electron chi connectivity index (χ0n) is 12.6. The molecule has 0 aromatic carbocycles. The molecule has 0 spiro atoms. The van der Waals surface area contributed by atoms with E-state index >= 15 is 0 Å². The third-order valence-corrected chi connectivity index (χ3v) is 2.94. The van der Waals surface area contributed by atoms with E-state index in [0.717, 1.165) is 13.0 Å². The Morgan fingerprint density at radius 2 is 2.14 bits per heavy atom. The minimum atomic E-state index is -0.419. The molecule has 1 amide bonds. The molecule has 0 saturated heterocycles. The van der Waals surface area contributed by atoms with Crippen LogP contribution in [-0.2, 0) is 0 Å². The maximum Gasteiger partial charge on any atom is 0.305 e. The van der Waals surface area contributed by atoms with Crippen LogP contribution in [0.5, 0.6) is 0 Å². The van der Waals surface area contributed by atoms with Gasteiger partial charge in [0.2, 0.25) is 0 Å². The van der Waals surface area contributed by atoms with E-state index in [-0.39, 0.29) is 5.76 Å². The van der Waals surface area contributed by atoms with Crippen molar-refractivity contribution >= 4 is 23.2 Å². The Bertz CT molecular complexity index is 612. The van der Waals surface area contributed by atoms with Crippen LogP contribution >= 0.6 is 0 Å². The van der Waals surface area contributed by atoms with Crippen LogP contribution in [0.15, 0.2) is 29.1 Å². The van der Waals surface area contributed by atoms with Gasteiger partial charge in [-0.2, -0.15) is 0 Å². The second-order valence-corrected chi connectivity index (χ2v) is 5.15. The Hall–Kier alpha value is -2.77. The first-order valence-electron chi connectivity index (χ1n) is 7.02. The van der Waals surface area contributed by atoms with Crippen molar-refractivity contribution < 1.29 is 9.21 Å². The smallest absolute Gasteiger partial charge is 0.305 e. The number of nitrogens with zero attached hydrogens (tertiary/aromatic N) is 2. The molecular formula is C14H20N6O2. The summed E-state index contributed by atoms with van der Waals surface area (Å²) in [5, 5.41) is 3.15. The third-order valence-electron chi connectivity index (χ3n) is 2.94. The van der Waals surface area contributed by atoms with Gasteiger partial charge in [0.1, 0.15) is 12.0 Å². The molecule has 0 unspecified atom stereocenters. The van der Waals surface area contributed by atoms with Crippen molar-refractivity contribution in [2.24, 2.45) is 5.92 Å². The van der Waals surface area contributed by atoms with E-state index < -0.39 is 5.91 Å². The number of nitrogens with two attached hydrogens (primary N) is 1. The van der Waals surface area contributed by atoms with Gasteiger partial charge in [0.25, 0.3) is 0 Å². The number of nitrogens with one attached hydrogen (secondary N) is 3. The predicted molar refractivity (Wildman–Crippen MR) is 84.2 cm³/mol. The molecule has 0 bridgehead atoms. The minimum Gasteiger partial charge on any atom is -0.459 e. The largest absolute Gasteiger partial charge is 0.459 e. The van der Waals surface area contributed by atoms with E-state index in [0.29, 0.717) is 23.2 Å². The lowest BCUT2D eigenvalue weighted by Gasteiger charge is -2.13. The zero-order valence-corrected chi connectivity index (χ0v) is 12.6. The van der Waals surface area contributed by atoms with Gasteiger partial charge in [0.05, 0.1) is 6.26 Å². The molecule has 0 aliphatic rings. The lowest BCUT2D eigenvalue weighted by molar-refractivity contribution is 0.0935. The van der Waals surface area contributed by atoms with Gasteiger partial charge in [0.15, 0.2) is 17.4 Å². The van der Waals surface area contributed by atoms with E-state index in [2.05, 4.69) is 40.0 Å². The summed E-state index contributed by atoms with van der Waals surface area (Å²) in [6, 6.07) is 3.18. The number of hydrogen-bond acceptors (Lipinski definition) is 7. The van der Waals surface area contributed by atoms with Crippen LogP contribution in [0.4, 0.5) is 17.3 Å². The Kier molecular flexibility index (Phi) is 5.18. The standard InChI is InChI=1S/C14H20N6O2/c1-9(2)5-6-16-12-11(15)13(18-8-17-12)19-20-14(21)10-4-3-7-22-10/h3-4,7-9H,5-6,15H2,1-2H3,(H,20,21)(H2,16,17,18,19).